The first-order valence-corrected chi connectivity index (χ1v) is 13.4. The molecule has 1 aliphatic rings. The summed E-state index contributed by atoms with van der Waals surface area (Å²) in [7, 11) is 0. The maximum Gasteiger partial charge on any atom is 0.407 e. The Hall–Kier alpha value is -3.55. The van der Waals surface area contributed by atoms with Crippen molar-refractivity contribution in [1.29, 1.82) is 0 Å². The van der Waals surface area contributed by atoms with Gasteiger partial charge in [-0.25, -0.2) is 4.79 Å². The third-order valence-corrected chi connectivity index (χ3v) is 6.46. The average molecular weight is 525 g/mol. The monoisotopic (exact) mass is 524 g/mol. The van der Waals surface area contributed by atoms with Crippen molar-refractivity contribution in [2.75, 3.05) is 19.7 Å². The van der Waals surface area contributed by atoms with Gasteiger partial charge in [-0.3, -0.25) is 9.59 Å². The SMILES string of the molecule is CC(C)(C)OC(=O)NCCCCc1ccc(OC[C@@H]2C[C@@H](CC(=O)O)C(=O)N2CCc2ccccc2)cc1. The standard InChI is InChI=1S/C30H40N2O6/c1-30(2,3)38-29(36)31-17-8-7-11-23-12-14-26(15-13-23)37-21-25-19-24(20-27(33)34)28(35)32(25)18-16-22-9-5-4-6-10-22/h4-6,9-10,12-15,24-25H,7-8,11,16-21H2,1-3H3,(H,31,36)(H,33,34)/t24-,25-/m0/s1. The molecule has 1 fully saturated rings. The predicted octanol–water partition coefficient (Wildman–Crippen LogP) is 4.85. The summed E-state index contributed by atoms with van der Waals surface area (Å²) in [5.74, 6) is -0.848. The van der Waals surface area contributed by atoms with E-state index < -0.39 is 23.6 Å². The van der Waals surface area contributed by atoms with E-state index in [2.05, 4.69) is 5.32 Å². The normalized spacial score (nSPS) is 17.3. The molecule has 0 aliphatic carbocycles. The maximum absolute atomic E-state index is 13.0. The first kappa shape index (κ1) is 29.0. The van der Waals surface area contributed by atoms with Crippen molar-refractivity contribution >= 4 is 18.0 Å². The highest BCUT2D eigenvalue weighted by Gasteiger charge is 2.40. The molecule has 2 amide bonds. The number of ether oxygens (including phenoxy) is 2. The van der Waals surface area contributed by atoms with E-state index in [1.54, 1.807) is 4.90 Å². The lowest BCUT2D eigenvalue weighted by molar-refractivity contribution is -0.142. The highest BCUT2D eigenvalue weighted by atomic mass is 16.6. The van der Waals surface area contributed by atoms with Crippen molar-refractivity contribution in [3.8, 4) is 5.75 Å². The maximum atomic E-state index is 13.0. The van der Waals surface area contributed by atoms with Gasteiger partial charge in [0.15, 0.2) is 0 Å². The van der Waals surface area contributed by atoms with Crippen molar-refractivity contribution in [3.63, 3.8) is 0 Å². The van der Waals surface area contributed by atoms with Gasteiger partial charge in [0.05, 0.1) is 18.4 Å². The zero-order chi connectivity index (χ0) is 27.5. The summed E-state index contributed by atoms with van der Waals surface area (Å²) in [4.78, 5) is 37.7. The Bertz CT molecular complexity index is 1050. The second kappa shape index (κ2) is 13.8. The zero-order valence-electron chi connectivity index (χ0n) is 22.7. The number of carbonyl (C=O) groups is 3. The van der Waals surface area contributed by atoms with Gasteiger partial charge in [-0.05, 0) is 76.1 Å². The number of carbonyl (C=O) groups excluding carboxylic acids is 2. The molecule has 1 aliphatic heterocycles. The first-order chi connectivity index (χ1) is 18.1. The summed E-state index contributed by atoms with van der Waals surface area (Å²) in [5.41, 5.74) is 1.82. The number of hydrogen-bond donors (Lipinski definition) is 2. The third-order valence-electron chi connectivity index (χ3n) is 6.46. The predicted molar refractivity (Wildman–Crippen MR) is 145 cm³/mol. The Morgan fingerprint density at radius 2 is 1.68 bits per heavy atom. The molecule has 1 saturated heterocycles. The van der Waals surface area contributed by atoms with E-state index >= 15 is 0 Å². The highest BCUT2D eigenvalue weighted by molar-refractivity contribution is 5.85. The number of nitrogens with one attached hydrogen (secondary N) is 1. The van der Waals surface area contributed by atoms with Crippen LogP contribution in [0.2, 0.25) is 0 Å². The molecule has 206 valence electrons. The summed E-state index contributed by atoms with van der Waals surface area (Å²) in [6.07, 6.45) is 3.32. The minimum Gasteiger partial charge on any atom is -0.491 e. The fourth-order valence-corrected chi connectivity index (χ4v) is 4.60. The topological polar surface area (TPSA) is 105 Å². The Morgan fingerprint density at radius 1 is 1.00 bits per heavy atom. The summed E-state index contributed by atoms with van der Waals surface area (Å²) < 4.78 is 11.3. The number of amides is 2. The largest absolute Gasteiger partial charge is 0.491 e. The first-order valence-electron chi connectivity index (χ1n) is 13.4. The smallest absolute Gasteiger partial charge is 0.407 e. The molecule has 38 heavy (non-hydrogen) atoms. The van der Waals surface area contributed by atoms with Crippen LogP contribution in [0.15, 0.2) is 54.6 Å². The molecule has 2 aromatic rings. The molecule has 0 saturated carbocycles. The number of aryl methyl sites for hydroxylation is 1. The number of carboxylic acid groups (broad SMARTS) is 1. The van der Waals surface area contributed by atoms with Crippen molar-refractivity contribution in [2.45, 2.75) is 70.9 Å². The number of unbranched alkanes of at least 4 members (excludes halogenated alkanes) is 1. The zero-order valence-corrected chi connectivity index (χ0v) is 22.7. The molecule has 2 N–H and O–H groups in total. The molecule has 2 aromatic carbocycles. The minimum atomic E-state index is -0.955. The van der Waals surface area contributed by atoms with Gasteiger partial charge in [-0.2, -0.15) is 0 Å². The molecule has 8 heteroatoms. The molecule has 0 radical (unpaired) electrons. The van der Waals surface area contributed by atoms with Crippen LogP contribution in [0.4, 0.5) is 4.79 Å². The number of carboxylic acids is 1. The second-order valence-corrected chi connectivity index (χ2v) is 10.8. The summed E-state index contributed by atoms with van der Waals surface area (Å²) in [6.45, 7) is 6.95. The molecular formula is C30H40N2O6. The lowest BCUT2D eigenvalue weighted by Gasteiger charge is -2.25. The van der Waals surface area contributed by atoms with Crippen molar-refractivity contribution < 1.29 is 29.0 Å². The van der Waals surface area contributed by atoms with Crippen molar-refractivity contribution in [3.05, 3.63) is 65.7 Å². The number of hydrogen-bond acceptors (Lipinski definition) is 5. The van der Waals surface area contributed by atoms with E-state index in [-0.39, 0.29) is 18.4 Å². The number of aliphatic carboxylic acids is 1. The Labute approximate surface area is 225 Å². The van der Waals surface area contributed by atoms with Crippen LogP contribution in [0, 0.1) is 5.92 Å². The quantitative estimate of drug-likeness (QED) is 0.363. The molecule has 3 rings (SSSR count). The molecule has 2 atom stereocenters. The Balaban J connectivity index is 1.45. The molecule has 8 nitrogen and oxygen atoms in total. The van der Waals surface area contributed by atoms with Crippen LogP contribution in [0.25, 0.3) is 0 Å². The van der Waals surface area contributed by atoms with Gasteiger partial charge >= 0.3 is 12.1 Å². The molecule has 1 heterocycles. The molecule has 0 spiro atoms. The highest BCUT2D eigenvalue weighted by Crippen LogP contribution is 2.28. The van der Waals surface area contributed by atoms with Crippen LogP contribution < -0.4 is 10.1 Å². The van der Waals surface area contributed by atoms with E-state index in [4.69, 9.17) is 9.47 Å². The lowest BCUT2D eigenvalue weighted by Crippen LogP contribution is -2.39. The average Bonchev–Trinajstić information content (AvgIpc) is 3.15. The number of benzene rings is 2. The fraction of sp³-hybridized carbons (Fsp3) is 0.500. The van der Waals surface area contributed by atoms with E-state index in [9.17, 15) is 19.5 Å². The van der Waals surface area contributed by atoms with Gasteiger partial charge in [0.25, 0.3) is 0 Å². The van der Waals surface area contributed by atoms with Gasteiger partial charge in [0.2, 0.25) is 5.91 Å². The van der Waals surface area contributed by atoms with Gasteiger partial charge in [0, 0.05) is 13.1 Å². The number of alkyl carbamates (subject to hydrolysis) is 1. The van der Waals surface area contributed by atoms with Crippen LogP contribution in [-0.2, 0) is 27.2 Å². The Morgan fingerprint density at radius 3 is 2.34 bits per heavy atom. The van der Waals surface area contributed by atoms with E-state index in [0.717, 1.165) is 30.6 Å². The third kappa shape index (κ3) is 9.72. The van der Waals surface area contributed by atoms with Crippen molar-refractivity contribution in [1.82, 2.24) is 10.2 Å². The summed E-state index contributed by atoms with van der Waals surface area (Å²) in [6, 6.07) is 17.7. The van der Waals surface area contributed by atoms with Crippen LogP contribution >= 0.6 is 0 Å². The van der Waals surface area contributed by atoms with Crippen LogP contribution in [0.3, 0.4) is 0 Å². The fourth-order valence-electron chi connectivity index (χ4n) is 4.60. The van der Waals surface area contributed by atoms with Gasteiger partial charge < -0.3 is 24.8 Å². The van der Waals surface area contributed by atoms with E-state index in [1.807, 2.05) is 75.4 Å². The second-order valence-electron chi connectivity index (χ2n) is 10.8. The number of rotatable bonds is 13. The number of nitrogens with zero attached hydrogens (tertiary/aromatic N) is 1. The van der Waals surface area contributed by atoms with Crippen LogP contribution in [0.1, 0.15) is 57.6 Å². The molecule has 0 bridgehead atoms. The van der Waals surface area contributed by atoms with Gasteiger partial charge in [0.1, 0.15) is 18.0 Å². The molecular weight excluding hydrogens is 484 g/mol. The summed E-state index contributed by atoms with van der Waals surface area (Å²) >= 11 is 0. The van der Waals surface area contributed by atoms with Crippen LogP contribution in [-0.4, -0.2) is 59.3 Å². The summed E-state index contributed by atoms with van der Waals surface area (Å²) in [5, 5.41) is 12.0. The Kier molecular flexibility index (Phi) is 10.6. The van der Waals surface area contributed by atoms with E-state index in [0.29, 0.717) is 32.5 Å². The molecule has 0 aromatic heterocycles. The van der Waals surface area contributed by atoms with Gasteiger partial charge in [-0.1, -0.05) is 42.5 Å². The molecule has 0 unspecified atom stereocenters. The van der Waals surface area contributed by atoms with E-state index in [1.165, 1.54) is 5.56 Å². The number of likely N-dealkylation sites (tertiary alicyclic amines) is 1. The van der Waals surface area contributed by atoms with Gasteiger partial charge in [-0.15, -0.1) is 0 Å². The minimum absolute atomic E-state index is 0.103. The van der Waals surface area contributed by atoms with Crippen LogP contribution in [0.5, 0.6) is 5.75 Å². The lowest BCUT2D eigenvalue weighted by atomic mass is 10.0. The van der Waals surface area contributed by atoms with Crippen molar-refractivity contribution in [2.24, 2.45) is 5.92 Å².